The molecule has 26 heavy (non-hydrogen) atoms. The number of fused-ring (bicyclic) bond motifs is 1. The van der Waals surface area contributed by atoms with E-state index < -0.39 is 0 Å². The number of azo groups is 1. The number of H-pyrrole nitrogens is 2. The van der Waals surface area contributed by atoms with Gasteiger partial charge in [0.25, 0.3) is 5.69 Å². The van der Waals surface area contributed by atoms with Gasteiger partial charge >= 0.3 is 0 Å². The van der Waals surface area contributed by atoms with E-state index in [0.717, 1.165) is 17.2 Å². The van der Waals surface area contributed by atoms with Crippen molar-refractivity contribution in [3.63, 3.8) is 0 Å². The topological polar surface area (TPSA) is 104 Å². The molecule has 3 rings (SSSR count). The van der Waals surface area contributed by atoms with Gasteiger partial charge in [-0.3, -0.25) is 10.2 Å². The van der Waals surface area contributed by atoms with Gasteiger partial charge in [-0.1, -0.05) is 41.5 Å². The second-order valence-corrected chi connectivity index (χ2v) is 8.32. The first-order valence-electron chi connectivity index (χ1n) is 8.36. The van der Waals surface area contributed by atoms with Crippen molar-refractivity contribution in [2.24, 2.45) is 10.2 Å². The van der Waals surface area contributed by atoms with Gasteiger partial charge in [-0.25, -0.2) is 9.36 Å². The largest absolute Gasteiger partial charge is 0.292 e. The molecular weight excluding hydrogens is 330 g/mol. The van der Waals surface area contributed by atoms with Crippen LogP contribution >= 0.6 is 0 Å². The Morgan fingerprint density at radius 3 is 2.23 bits per heavy atom. The molecule has 3 aromatic rings. The van der Waals surface area contributed by atoms with E-state index in [1.165, 1.54) is 0 Å². The number of rotatable bonds is 2. The molecule has 0 aliphatic heterocycles. The summed E-state index contributed by atoms with van der Waals surface area (Å²) in [5.41, 5.74) is 2.82. The zero-order valence-corrected chi connectivity index (χ0v) is 16.1. The molecule has 0 saturated heterocycles. The number of hydrogen-bond acceptors (Lipinski definition) is 5. The average molecular weight is 353 g/mol. The monoisotopic (exact) mass is 353 g/mol. The minimum atomic E-state index is -0.233. The minimum Gasteiger partial charge on any atom is -0.292 e. The van der Waals surface area contributed by atoms with Crippen molar-refractivity contribution in [1.82, 2.24) is 30.0 Å². The Morgan fingerprint density at radius 1 is 1.00 bits per heavy atom. The number of aromatic nitrogens is 6. The summed E-state index contributed by atoms with van der Waals surface area (Å²) in [6.45, 7) is 21.6. The molecule has 0 bridgehead atoms. The van der Waals surface area contributed by atoms with E-state index >= 15 is 0 Å². The third-order valence-electron chi connectivity index (χ3n) is 4.08. The highest BCUT2D eigenvalue weighted by atomic mass is 15.4. The smallest absolute Gasteiger partial charge is 0.255 e. The predicted molar refractivity (Wildman–Crippen MR) is 98.5 cm³/mol. The highest BCUT2D eigenvalue weighted by Gasteiger charge is 2.27. The molecule has 3 aromatic heterocycles. The van der Waals surface area contributed by atoms with Crippen molar-refractivity contribution in [3.05, 3.63) is 28.6 Å². The highest BCUT2D eigenvalue weighted by molar-refractivity contribution is 5.70. The number of nitrogens with zero attached hydrogens (tertiary/aromatic N) is 7. The first-order chi connectivity index (χ1) is 12.0. The average Bonchev–Trinajstić information content (AvgIpc) is 3.18. The van der Waals surface area contributed by atoms with Crippen LogP contribution in [-0.4, -0.2) is 30.0 Å². The van der Waals surface area contributed by atoms with E-state index in [9.17, 15) is 0 Å². The zero-order valence-electron chi connectivity index (χ0n) is 16.1. The molecule has 0 fully saturated rings. The summed E-state index contributed by atoms with van der Waals surface area (Å²) in [5, 5.41) is 27.3. The SMILES string of the molecule is [C-]#[N+]c1c(N=Nc2c(C(C)(C)C)[nH]n3c(C)nnc23)n[nH]c1C(C)(C)C. The van der Waals surface area contributed by atoms with Crippen LogP contribution < -0.4 is 0 Å². The van der Waals surface area contributed by atoms with Crippen molar-refractivity contribution in [2.75, 3.05) is 0 Å². The molecule has 9 heteroatoms. The standard InChI is InChI=1S/C17H23N9/c1-9-19-24-15-11(13(17(5,6)7)25-26(9)15)20-22-14-10(18-8)12(21-23-14)16(2,3)4/h25H,1-7H3,(H,21,23). The molecule has 9 nitrogen and oxygen atoms in total. The van der Waals surface area contributed by atoms with Gasteiger partial charge in [0, 0.05) is 11.1 Å². The Labute approximate surface area is 151 Å². The lowest BCUT2D eigenvalue weighted by molar-refractivity contribution is 0.561. The van der Waals surface area contributed by atoms with Gasteiger partial charge in [0.2, 0.25) is 11.5 Å². The fourth-order valence-corrected chi connectivity index (χ4v) is 2.67. The van der Waals surface area contributed by atoms with Crippen molar-refractivity contribution in [1.29, 1.82) is 0 Å². The number of hydrogen-bond donors (Lipinski definition) is 2. The highest BCUT2D eigenvalue weighted by Crippen LogP contribution is 2.39. The lowest BCUT2D eigenvalue weighted by Crippen LogP contribution is -2.12. The molecule has 0 unspecified atom stereocenters. The third-order valence-corrected chi connectivity index (χ3v) is 4.08. The summed E-state index contributed by atoms with van der Waals surface area (Å²) in [7, 11) is 0. The minimum absolute atomic E-state index is 0.188. The van der Waals surface area contributed by atoms with Crippen molar-refractivity contribution < 1.29 is 0 Å². The summed E-state index contributed by atoms with van der Waals surface area (Å²) < 4.78 is 1.79. The Morgan fingerprint density at radius 2 is 1.65 bits per heavy atom. The van der Waals surface area contributed by atoms with E-state index in [1.54, 1.807) is 4.52 Å². The zero-order chi connectivity index (χ0) is 19.3. The second kappa shape index (κ2) is 5.76. The first kappa shape index (κ1) is 17.8. The maximum atomic E-state index is 7.48. The van der Waals surface area contributed by atoms with E-state index in [1.807, 2.05) is 27.7 Å². The van der Waals surface area contributed by atoms with Gasteiger partial charge in [-0.05, 0) is 12.3 Å². The number of nitrogens with one attached hydrogen (secondary N) is 2. The Bertz CT molecular complexity index is 1030. The third kappa shape index (κ3) is 2.87. The van der Waals surface area contributed by atoms with E-state index in [2.05, 4.69) is 61.3 Å². The molecule has 0 amide bonds. The lowest BCUT2D eigenvalue weighted by Gasteiger charge is -2.16. The van der Waals surface area contributed by atoms with Crippen LogP contribution in [0.1, 0.15) is 58.8 Å². The summed E-state index contributed by atoms with van der Waals surface area (Å²) in [4.78, 5) is 3.60. The summed E-state index contributed by atoms with van der Waals surface area (Å²) >= 11 is 0. The summed E-state index contributed by atoms with van der Waals surface area (Å²) in [6, 6.07) is 0. The van der Waals surface area contributed by atoms with Gasteiger partial charge in [0.15, 0.2) is 5.69 Å². The van der Waals surface area contributed by atoms with Crippen LogP contribution in [0.15, 0.2) is 10.2 Å². The van der Waals surface area contributed by atoms with Crippen LogP contribution in [0.4, 0.5) is 17.2 Å². The molecule has 0 saturated carbocycles. The molecule has 0 aromatic carbocycles. The van der Waals surface area contributed by atoms with Crippen LogP contribution in [0.2, 0.25) is 0 Å². The fourth-order valence-electron chi connectivity index (χ4n) is 2.67. The molecule has 0 spiro atoms. The van der Waals surface area contributed by atoms with E-state index in [0.29, 0.717) is 17.0 Å². The van der Waals surface area contributed by atoms with Crippen LogP contribution in [0.5, 0.6) is 0 Å². The summed E-state index contributed by atoms with van der Waals surface area (Å²) in [5.74, 6) is 1.02. The molecule has 0 aliphatic carbocycles. The Hall–Kier alpha value is -3.02. The molecule has 0 radical (unpaired) electrons. The van der Waals surface area contributed by atoms with Crippen LogP contribution in [0, 0.1) is 13.5 Å². The van der Waals surface area contributed by atoms with Crippen LogP contribution in [0.25, 0.3) is 10.5 Å². The van der Waals surface area contributed by atoms with Gasteiger partial charge in [-0.15, -0.1) is 20.4 Å². The summed E-state index contributed by atoms with van der Waals surface area (Å²) in [6.07, 6.45) is 0. The lowest BCUT2D eigenvalue weighted by atomic mass is 9.91. The maximum absolute atomic E-state index is 7.48. The number of aromatic amines is 2. The second-order valence-electron chi connectivity index (χ2n) is 8.32. The van der Waals surface area contributed by atoms with Gasteiger partial charge < -0.3 is 0 Å². The Kier molecular flexibility index (Phi) is 3.94. The fraction of sp³-hybridized carbons (Fsp3) is 0.529. The van der Waals surface area contributed by atoms with Gasteiger partial charge in [-0.2, -0.15) is 5.10 Å². The van der Waals surface area contributed by atoms with Crippen molar-refractivity contribution >= 4 is 22.8 Å². The molecule has 136 valence electrons. The van der Waals surface area contributed by atoms with Crippen LogP contribution in [-0.2, 0) is 10.8 Å². The van der Waals surface area contributed by atoms with Gasteiger partial charge in [0.1, 0.15) is 5.82 Å². The molecule has 2 N–H and O–H groups in total. The molecule has 3 heterocycles. The maximum Gasteiger partial charge on any atom is 0.255 e. The quantitative estimate of drug-likeness (QED) is 0.517. The normalized spacial score (nSPS) is 13.0. The first-order valence-corrected chi connectivity index (χ1v) is 8.36. The molecule has 0 atom stereocenters. The number of aryl methyl sites for hydroxylation is 1. The van der Waals surface area contributed by atoms with Gasteiger partial charge in [0.05, 0.1) is 12.3 Å². The molecular formula is C17H23N9. The van der Waals surface area contributed by atoms with E-state index in [-0.39, 0.29) is 16.6 Å². The van der Waals surface area contributed by atoms with Crippen molar-refractivity contribution in [2.45, 2.75) is 59.3 Å². The van der Waals surface area contributed by atoms with Crippen LogP contribution in [0.3, 0.4) is 0 Å². The predicted octanol–water partition coefficient (Wildman–Crippen LogP) is 4.65. The van der Waals surface area contributed by atoms with Crippen molar-refractivity contribution in [3.8, 4) is 0 Å². The Balaban J connectivity index is 2.13. The molecule has 0 aliphatic rings. The van der Waals surface area contributed by atoms with E-state index in [4.69, 9.17) is 6.57 Å².